The predicted molar refractivity (Wildman–Crippen MR) is 40.5 cm³/mol. The van der Waals surface area contributed by atoms with E-state index in [2.05, 4.69) is 9.53 Å². The van der Waals surface area contributed by atoms with Crippen LogP contribution in [0.4, 0.5) is 0 Å². The van der Waals surface area contributed by atoms with Crippen molar-refractivity contribution in [3.8, 4) is 0 Å². The smallest absolute Gasteiger partial charge is 0.346 e. The largest absolute Gasteiger partial charge is 0.386 e. The summed E-state index contributed by atoms with van der Waals surface area (Å²) in [5.41, 5.74) is 9.30. The van der Waals surface area contributed by atoms with Crippen LogP contribution in [0, 0.1) is 0 Å². The van der Waals surface area contributed by atoms with Gasteiger partial charge >= 0.3 is 11.9 Å². The summed E-state index contributed by atoms with van der Waals surface area (Å²) in [4.78, 5) is 24.9. The Morgan fingerprint density at radius 3 is 2.77 bits per heavy atom. The summed E-state index contributed by atoms with van der Waals surface area (Å²) in [6.07, 6.45) is 3.03. The van der Waals surface area contributed by atoms with E-state index in [1.165, 1.54) is 12.2 Å². The first-order valence-corrected chi connectivity index (χ1v) is 3.61. The van der Waals surface area contributed by atoms with Crippen molar-refractivity contribution in [1.82, 2.24) is 0 Å². The quantitative estimate of drug-likeness (QED) is 0.225. The lowest BCUT2D eigenvalue weighted by Crippen LogP contribution is -2.07. The van der Waals surface area contributed by atoms with Gasteiger partial charge in [0.05, 0.1) is 17.6 Å². The maximum absolute atomic E-state index is 11.0. The predicted octanol–water partition coefficient (Wildman–Crippen LogP) is -0.00290. The normalized spacial score (nSPS) is 20.2. The molecule has 2 rings (SSSR count). The van der Waals surface area contributed by atoms with E-state index < -0.39 is 11.9 Å². The molecule has 0 unspecified atom stereocenters. The van der Waals surface area contributed by atoms with Gasteiger partial charge in [-0.05, 0) is 6.08 Å². The lowest BCUT2D eigenvalue weighted by molar-refractivity contribution is -0.151. The van der Waals surface area contributed by atoms with Crippen molar-refractivity contribution in [1.29, 1.82) is 0 Å². The Morgan fingerprint density at radius 2 is 2.08 bits per heavy atom. The van der Waals surface area contributed by atoms with Gasteiger partial charge in [0.1, 0.15) is 0 Å². The Kier molecular flexibility index (Phi) is 1.47. The van der Waals surface area contributed by atoms with Gasteiger partial charge in [-0.15, -0.1) is 0 Å². The van der Waals surface area contributed by atoms with Gasteiger partial charge in [-0.2, -0.15) is 4.79 Å². The fourth-order valence-electron chi connectivity index (χ4n) is 1.26. The van der Waals surface area contributed by atoms with Crippen molar-refractivity contribution in [2.45, 2.75) is 6.42 Å². The minimum absolute atomic E-state index is 0.146. The van der Waals surface area contributed by atoms with E-state index >= 15 is 0 Å². The van der Waals surface area contributed by atoms with Crippen LogP contribution in [-0.4, -0.2) is 22.4 Å². The molecule has 0 atom stereocenters. The molecule has 0 bridgehead atoms. The summed E-state index contributed by atoms with van der Waals surface area (Å²) in [6.45, 7) is 0. The fourth-order valence-corrected chi connectivity index (χ4v) is 1.26. The lowest BCUT2D eigenvalue weighted by Gasteiger charge is -1.97. The van der Waals surface area contributed by atoms with Crippen LogP contribution < -0.4 is 0 Å². The highest BCUT2D eigenvalue weighted by molar-refractivity contribution is 6.18. The van der Waals surface area contributed by atoms with Crippen molar-refractivity contribution in [3.05, 3.63) is 28.8 Å². The average molecular weight is 176 g/mol. The van der Waals surface area contributed by atoms with Crippen LogP contribution >= 0.6 is 0 Å². The third-order valence-electron chi connectivity index (χ3n) is 1.91. The highest BCUT2D eigenvalue weighted by Gasteiger charge is 2.35. The molecule has 5 nitrogen and oxygen atoms in total. The Balaban J connectivity index is 2.49. The molecule has 1 heterocycles. The van der Waals surface area contributed by atoms with E-state index in [-0.39, 0.29) is 17.6 Å². The van der Waals surface area contributed by atoms with Gasteiger partial charge in [0.25, 0.3) is 5.71 Å². The second-order valence-corrected chi connectivity index (χ2v) is 2.67. The number of rotatable bonds is 0. The molecule has 1 aliphatic carbocycles. The molecule has 0 aromatic carbocycles. The van der Waals surface area contributed by atoms with Crippen molar-refractivity contribution in [2.75, 3.05) is 0 Å². The number of nitrogens with zero attached hydrogens (tertiary/aromatic N) is 2. The zero-order valence-corrected chi connectivity index (χ0v) is 6.48. The van der Waals surface area contributed by atoms with E-state index in [9.17, 15) is 9.59 Å². The third kappa shape index (κ3) is 1.02. The van der Waals surface area contributed by atoms with Crippen molar-refractivity contribution >= 4 is 17.7 Å². The molecule has 0 aromatic rings. The number of allylic oxidation sites excluding steroid dienone is 1. The second-order valence-electron chi connectivity index (χ2n) is 2.67. The zero-order chi connectivity index (χ0) is 9.42. The SMILES string of the molecule is [N-]=[N+]=C1C=CC2=C(C1)C(=O)OC2=O. The van der Waals surface area contributed by atoms with Crippen LogP contribution in [0.15, 0.2) is 23.3 Å². The molecule has 2 aliphatic rings. The monoisotopic (exact) mass is 176 g/mol. The molecule has 64 valence electrons. The second kappa shape index (κ2) is 2.50. The van der Waals surface area contributed by atoms with Gasteiger partial charge in [-0.25, -0.2) is 9.59 Å². The molecular weight excluding hydrogens is 172 g/mol. The Labute approximate surface area is 72.9 Å². The maximum Gasteiger partial charge on any atom is 0.346 e. The van der Waals surface area contributed by atoms with Crippen LogP contribution in [0.5, 0.6) is 0 Å². The van der Waals surface area contributed by atoms with Crippen LogP contribution in [-0.2, 0) is 14.3 Å². The number of carbonyl (C=O) groups is 2. The molecule has 0 N–H and O–H groups in total. The average Bonchev–Trinajstić information content (AvgIpc) is 2.42. The Bertz CT molecular complexity index is 425. The minimum Gasteiger partial charge on any atom is -0.386 e. The summed E-state index contributed by atoms with van der Waals surface area (Å²) < 4.78 is 4.36. The van der Waals surface area contributed by atoms with E-state index in [4.69, 9.17) is 5.53 Å². The van der Waals surface area contributed by atoms with E-state index in [0.29, 0.717) is 5.71 Å². The summed E-state index contributed by atoms with van der Waals surface area (Å²) in [7, 11) is 0. The van der Waals surface area contributed by atoms with Crippen LogP contribution in [0.25, 0.3) is 5.53 Å². The molecular formula is C8H4N2O3. The highest BCUT2D eigenvalue weighted by atomic mass is 16.6. The molecule has 0 saturated carbocycles. The molecule has 0 spiro atoms. The topological polar surface area (TPSA) is 79.8 Å². The Morgan fingerprint density at radius 1 is 1.31 bits per heavy atom. The number of hydrogen-bond acceptors (Lipinski definition) is 3. The molecule has 1 aliphatic heterocycles. The van der Waals surface area contributed by atoms with E-state index in [1.807, 2.05) is 0 Å². The van der Waals surface area contributed by atoms with Gasteiger partial charge in [0, 0.05) is 6.08 Å². The van der Waals surface area contributed by atoms with Gasteiger partial charge in [0.2, 0.25) is 0 Å². The van der Waals surface area contributed by atoms with Gasteiger partial charge in [0.15, 0.2) is 0 Å². The molecule has 5 heteroatoms. The van der Waals surface area contributed by atoms with Gasteiger partial charge in [-0.1, -0.05) is 0 Å². The standard InChI is InChI=1S/C8H4N2O3/c9-10-4-1-2-5-6(3-4)8(12)13-7(5)11/h1-2H,3H2. The van der Waals surface area contributed by atoms with Gasteiger partial charge in [-0.3, -0.25) is 0 Å². The number of hydrogen-bond donors (Lipinski definition) is 0. The summed E-state index contributed by atoms with van der Waals surface area (Å²) >= 11 is 0. The molecule has 13 heavy (non-hydrogen) atoms. The minimum atomic E-state index is -0.648. The van der Waals surface area contributed by atoms with E-state index in [1.54, 1.807) is 0 Å². The number of esters is 2. The fraction of sp³-hybridized carbons (Fsp3) is 0.125. The summed E-state index contributed by atoms with van der Waals surface area (Å²) in [5, 5.41) is 0. The third-order valence-corrected chi connectivity index (χ3v) is 1.91. The van der Waals surface area contributed by atoms with E-state index in [0.717, 1.165) is 0 Å². The van der Waals surface area contributed by atoms with Crippen molar-refractivity contribution in [3.63, 3.8) is 0 Å². The number of ether oxygens (including phenoxy) is 1. The lowest BCUT2D eigenvalue weighted by atomic mass is 9.98. The van der Waals surface area contributed by atoms with Crippen LogP contribution in [0.3, 0.4) is 0 Å². The number of carbonyl (C=O) groups excluding carboxylic acids is 2. The summed E-state index contributed by atoms with van der Waals surface area (Å²) in [6, 6.07) is 0. The first-order valence-electron chi connectivity index (χ1n) is 3.61. The molecule has 0 fully saturated rings. The molecule has 0 aromatic heterocycles. The van der Waals surface area contributed by atoms with Gasteiger partial charge < -0.3 is 10.3 Å². The van der Waals surface area contributed by atoms with Crippen LogP contribution in [0.1, 0.15) is 6.42 Å². The Hall–Kier alpha value is -2.00. The first-order chi connectivity index (χ1) is 6.22. The summed E-state index contributed by atoms with van der Waals surface area (Å²) in [5.74, 6) is -1.28. The molecule has 0 saturated heterocycles. The zero-order valence-electron chi connectivity index (χ0n) is 6.48. The molecule has 0 radical (unpaired) electrons. The van der Waals surface area contributed by atoms with Crippen LogP contribution in [0.2, 0.25) is 0 Å². The maximum atomic E-state index is 11.0. The van der Waals surface area contributed by atoms with Crippen molar-refractivity contribution in [2.24, 2.45) is 0 Å². The number of cyclic esters (lactones) is 2. The van der Waals surface area contributed by atoms with Crippen molar-refractivity contribution < 1.29 is 19.1 Å². The highest BCUT2D eigenvalue weighted by Crippen LogP contribution is 2.24. The first kappa shape index (κ1) is 7.64. The molecule has 0 amide bonds.